The summed E-state index contributed by atoms with van der Waals surface area (Å²) in [6, 6.07) is 16.5. The first-order valence-corrected chi connectivity index (χ1v) is 10.3. The average molecular weight is 377 g/mol. The Balaban J connectivity index is 1.31. The first-order valence-electron chi connectivity index (χ1n) is 10.3. The van der Waals surface area contributed by atoms with Crippen LogP contribution in [0.3, 0.4) is 0 Å². The number of carbonyl (C=O) groups is 2. The minimum Gasteiger partial charge on any atom is -0.342 e. The second-order valence-electron chi connectivity index (χ2n) is 8.04. The molecule has 4 heteroatoms. The fourth-order valence-electron chi connectivity index (χ4n) is 4.40. The smallest absolute Gasteiger partial charge is 0.226 e. The topological polar surface area (TPSA) is 40.6 Å². The van der Waals surface area contributed by atoms with Gasteiger partial charge in [-0.3, -0.25) is 9.59 Å². The third kappa shape index (κ3) is 3.96. The zero-order valence-corrected chi connectivity index (χ0v) is 16.6. The highest BCUT2D eigenvalue weighted by Gasteiger charge is 2.31. The summed E-state index contributed by atoms with van der Waals surface area (Å²) in [6.07, 6.45) is 2.94. The van der Waals surface area contributed by atoms with E-state index in [4.69, 9.17) is 0 Å². The molecule has 0 aromatic heterocycles. The second-order valence-corrected chi connectivity index (χ2v) is 8.04. The van der Waals surface area contributed by atoms with Gasteiger partial charge in [0, 0.05) is 32.1 Å². The summed E-state index contributed by atoms with van der Waals surface area (Å²) < 4.78 is 0. The monoisotopic (exact) mass is 376 g/mol. The fourth-order valence-corrected chi connectivity index (χ4v) is 4.40. The first-order chi connectivity index (χ1) is 13.6. The molecular weight excluding hydrogens is 348 g/mol. The lowest BCUT2D eigenvalue weighted by atomic mass is 9.92. The summed E-state index contributed by atoms with van der Waals surface area (Å²) >= 11 is 0. The van der Waals surface area contributed by atoms with Crippen molar-refractivity contribution in [1.82, 2.24) is 9.80 Å². The molecule has 0 bridgehead atoms. The van der Waals surface area contributed by atoms with E-state index in [1.807, 2.05) is 47.1 Å². The average Bonchev–Trinajstić information content (AvgIpc) is 2.74. The number of piperidine rings is 1. The Morgan fingerprint density at radius 2 is 1.57 bits per heavy atom. The quantitative estimate of drug-likeness (QED) is 0.824. The van der Waals surface area contributed by atoms with E-state index in [1.165, 1.54) is 11.1 Å². The highest BCUT2D eigenvalue weighted by Crippen LogP contribution is 2.25. The van der Waals surface area contributed by atoms with E-state index in [-0.39, 0.29) is 17.7 Å². The molecule has 0 aliphatic carbocycles. The van der Waals surface area contributed by atoms with Crippen molar-refractivity contribution in [1.29, 1.82) is 0 Å². The summed E-state index contributed by atoms with van der Waals surface area (Å²) in [7, 11) is 0. The molecule has 0 radical (unpaired) electrons. The molecule has 2 aliphatic heterocycles. The number of carbonyl (C=O) groups excluding carboxylic acids is 2. The summed E-state index contributed by atoms with van der Waals surface area (Å²) in [5.41, 5.74) is 4.89. The summed E-state index contributed by atoms with van der Waals surface area (Å²) in [6.45, 7) is 4.95. The van der Waals surface area contributed by atoms with Crippen molar-refractivity contribution in [3.63, 3.8) is 0 Å². The van der Waals surface area contributed by atoms with Crippen LogP contribution in [0.5, 0.6) is 0 Å². The maximum absolute atomic E-state index is 13.0. The maximum Gasteiger partial charge on any atom is 0.226 e. The van der Waals surface area contributed by atoms with Crippen molar-refractivity contribution in [2.45, 2.75) is 39.2 Å². The Kier molecular flexibility index (Phi) is 5.47. The molecule has 2 aromatic carbocycles. The molecule has 2 aliphatic rings. The van der Waals surface area contributed by atoms with Crippen LogP contribution in [0.15, 0.2) is 48.5 Å². The molecule has 4 rings (SSSR count). The maximum atomic E-state index is 13.0. The van der Waals surface area contributed by atoms with Crippen LogP contribution in [-0.2, 0) is 29.0 Å². The van der Waals surface area contributed by atoms with Gasteiger partial charge in [0.1, 0.15) is 0 Å². The molecule has 2 amide bonds. The third-order valence-electron chi connectivity index (χ3n) is 6.24. The van der Waals surface area contributed by atoms with Crippen molar-refractivity contribution < 1.29 is 9.59 Å². The Morgan fingerprint density at radius 1 is 0.893 bits per heavy atom. The fraction of sp³-hybridized carbons (Fsp3) is 0.417. The van der Waals surface area contributed by atoms with Crippen molar-refractivity contribution in [2.24, 2.45) is 5.92 Å². The lowest BCUT2D eigenvalue weighted by Gasteiger charge is -2.36. The largest absolute Gasteiger partial charge is 0.342 e. The van der Waals surface area contributed by atoms with E-state index >= 15 is 0 Å². The normalized spacial score (nSPS) is 17.3. The minimum absolute atomic E-state index is 0.0489. The Labute approximate surface area is 167 Å². The number of hydrogen-bond acceptors (Lipinski definition) is 2. The van der Waals surface area contributed by atoms with Crippen LogP contribution in [0.1, 0.15) is 35.1 Å². The van der Waals surface area contributed by atoms with E-state index in [9.17, 15) is 9.59 Å². The van der Waals surface area contributed by atoms with Crippen LogP contribution in [0.4, 0.5) is 0 Å². The lowest BCUT2D eigenvalue weighted by molar-refractivity contribution is -0.141. The Morgan fingerprint density at radius 3 is 2.32 bits per heavy atom. The van der Waals surface area contributed by atoms with Gasteiger partial charge in [-0.05, 0) is 48.4 Å². The van der Waals surface area contributed by atoms with Gasteiger partial charge in [0.25, 0.3) is 0 Å². The number of aryl methyl sites for hydroxylation is 1. The highest BCUT2D eigenvalue weighted by molar-refractivity contribution is 5.81. The SMILES string of the molecule is Cc1ccccc1CC(=O)N1CCC(C(=O)N2CCc3ccccc3C2)CC1. The zero-order chi connectivity index (χ0) is 19.5. The number of likely N-dealkylation sites (tertiary alicyclic amines) is 1. The van der Waals surface area contributed by atoms with E-state index in [2.05, 4.69) is 18.2 Å². The number of amides is 2. The second kappa shape index (κ2) is 8.17. The predicted molar refractivity (Wildman–Crippen MR) is 110 cm³/mol. The summed E-state index contributed by atoms with van der Waals surface area (Å²) in [5, 5.41) is 0. The molecule has 28 heavy (non-hydrogen) atoms. The third-order valence-corrected chi connectivity index (χ3v) is 6.24. The standard InChI is InChI=1S/C24H28N2O2/c1-18-6-2-3-8-21(18)16-23(27)25-13-11-20(12-14-25)24(28)26-15-10-19-7-4-5-9-22(19)17-26/h2-9,20H,10-17H2,1H3. The summed E-state index contributed by atoms with van der Waals surface area (Å²) in [5.74, 6) is 0.486. The molecule has 4 nitrogen and oxygen atoms in total. The molecule has 0 N–H and O–H groups in total. The van der Waals surface area contributed by atoms with Gasteiger partial charge >= 0.3 is 0 Å². The van der Waals surface area contributed by atoms with Crippen LogP contribution >= 0.6 is 0 Å². The molecule has 2 aromatic rings. The van der Waals surface area contributed by atoms with E-state index in [0.29, 0.717) is 19.5 Å². The minimum atomic E-state index is 0.0489. The van der Waals surface area contributed by atoms with E-state index < -0.39 is 0 Å². The van der Waals surface area contributed by atoms with Crippen LogP contribution in [-0.4, -0.2) is 41.2 Å². The molecule has 146 valence electrons. The number of fused-ring (bicyclic) bond motifs is 1. The van der Waals surface area contributed by atoms with Gasteiger partial charge in [-0.1, -0.05) is 48.5 Å². The molecule has 0 atom stereocenters. The van der Waals surface area contributed by atoms with Gasteiger partial charge in [-0.25, -0.2) is 0 Å². The van der Waals surface area contributed by atoms with Crippen molar-refractivity contribution in [2.75, 3.05) is 19.6 Å². The van der Waals surface area contributed by atoms with Crippen LogP contribution in [0, 0.1) is 12.8 Å². The van der Waals surface area contributed by atoms with Crippen LogP contribution < -0.4 is 0 Å². The lowest BCUT2D eigenvalue weighted by Crippen LogP contribution is -2.46. The predicted octanol–water partition coefficient (Wildman–Crippen LogP) is 3.36. The molecular formula is C24H28N2O2. The van der Waals surface area contributed by atoms with Gasteiger partial charge in [0.15, 0.2) is 0 Å². The Hall–Kier alpha value is -2.62. The van der Waals surface area contributed by atoms with Gasteiger partial charge < -0.3 is 9.80 Å². The first kappa shape index (κ1) is 18.7. The molecule has 1 saturated heterocycles. The van der Waals surface area contributed by atoms with Crippen molar-refractivity contribution in [3.05, 3.63) is 70.8 Å². The van der Waals surface area contributed by atoms with Crippen molar-refractivity contribution in [3.8, 4) is 0 Å². The number of nitrogens with zero attached hydrogens (tertiary/aromatic N) is 2. The molecule has 1 fully saturated rings. The van der Waals surface area contributed by atoms with E-state index in [1.54, 1.807) is 0 Å². The van der Waals surface area contributed by atoms with E-state index in [0.717, 1.165) is 43.5 Å². The highest BCUT2D eigenvalue weighted by atomic mass is 16.2. The molecule has 2 heterocycles. The van der Waals surface area contributed by atoms with Crippen LogP contribution in [0.2, 0.25) is 0 Å². The number of benzene rings is 2. The molecule has 0 unspecified atom stereocenters. The molecule has 0 spiro atoms. The zero-order valence-electron chi connectivity index (χ0n) is 16.6. The summed E-state index contributed by atoms with van der Waals surface area (Å²) in [4.78, 5) is 29.6. The Bertz CT molecular complexity index is 868. The van der Waals surface area contributed by atoms with Gasteiger partial charge in [0.2, 0.25) is 11.8 Å². The van der Waals surface area contributed by atoms with Gasteiger partial charge in [-0.15, -0.1) is 0 Å². The van der Waals surface area contributed by atoms with Crippen LogP contribution in [0.25, 0.3) is 0 Å². The number of rotatable bonds is 3. The van der Waals surface area contributed by atoms with Gasteiger partial charge in [0.05, 0.1) is 6.42 Å². The van der Waals surface area contributed by atoms with Gasteiger partial charge in [-0.2, -0.15) is 0 Å². The molecule has 0 saturated carbocycles. The van der Waals surface area contributed by atoms with Crippen molar-refractivity contribution >= 4 is 11.8 Å². The number of hydrogen-bond donors (Lipinski definition) is 0.